The summed E-state index contributed by atoms with van der Waals surface area (Å²) in [5.41, 5.74) is 0.689. The first kappa shape index (κ1) is 22.6. The van der Waals surface area contributed by atoms with Gasteiger partial charge in [0.1, 0.15) is 11.1 Å². The van der Waals surface area contributed by atoms with Gasteiger partial charge in [-0.3, -0.25) is 9.59 Å². The predicted molar refractivity (Wildman–Crippen MR) is 117 cm³/mol. The number of hydrogen-bond donors (Lipinski definition) is 2. The average molecular weight is 417 g/mol. The molecule has 166 valence electrons. The molecule has 0 spiro atoms. The molecule has 1 aromatic heterocycles. The standard InChI is InChI=1S/C24H36N2O4/c1-3-4-15-26-20-13-8-6-5-7-12-18(20)16-19(22(26)28)21(27)25-24(23(29)30)14-10-9-11-17(24)2/h16-17H,3-15H2,1-2H3,(H,25,27)(H,29,30). The van der Waals surface area contributed by atoms with Crippen LogP contribution in [-0.4, -0.2) is 27.1 Å². The molecule has 0 radical (unpaired) electrons. The van der Waals surface area contributed by atoms with E-state index in [-0.39, 0.29) is 17.0 Å². The van der Waals surface area contributed by atoms with Crippen molar-refractivity contribution in [3.8, 4) is 0 Å². The molecule has 1 saturated carbocycles. The fraction of sp³-hybridized carbons (Fsp3) is 0.708. The second-order valence-corrected chi connectivity index (χ2v) is 9.13. The SMILES string of the molecule is CCCCn1c2c(cc(C(=O)NC3(C(=O)O)CCCCC3C)c1=O)CCCCCC2. The minimum absolute atomic E-state index is 0.101. The minimum Gasteiger partial charge on any atom is -0.479 e. The van der Waals surface area contributed by atoms with Crippen molar-refractivity contribution in [3.63, 3.8) is 0 Å². The van der Waals surface area contributed by atoms with Crippen molar-refractivity contribution >= 4 is 11.9 Å². The number of aromatic nitrogens is 1. The summed E-state index contributed by atoms with van der Waals surface area (Å²) >= 11 is 0. The zero-order valence-electron chi connectivity index (χ0n) is 18.5. The number of amides is 1. The first-order valence-electron chi connectivity index (χ1n) is 11.7. The van der Waals surface area contributed by atoms with Crippen molar-refractivity contribution in [1.29, 1.82) is 0 Å². The number of rotatable bonds is 6. The molecule has 6 heteroatoms. The van der Waals surface area contributed by atoms with Crippen LogP contribution in [0, 0.1) is 5.92 Å². The number of nitrogens with zero attached hydrogens (tertiary/aromatic N) is 1. The van der Waals surface area contributed by atoms with Crippen LogP contribution >= 0.6 is 0 Å². The fourth-order valence-electron chi connectivity index (χ4n) is 5.12. The normalized spacial score (nSPS) is 24.4. The molecule has 2 atom stereocenters. The number of fused-ring (bicyclic) bond motifs is 1. The third kappa shape index (κ3) is 4.47. The van der Waals surface area contributed by atoms with Gasteiger partial charge in [-0.2, -0.15) is 0 Å². The van der Waals surface area contributed by atoms with Crippen LogP contribution in [-0.2, 0) is 24.2 Å². The molecule has 6 nitrogen and oxygen atoms in total. The summed E-state index contributed by atoms with van der Waals surface area (Å²) in [4.78, 5) is 38.8. The Morgan fingerprint density at radius 3 is 2.57 bits per heavy atom. The maximum atomic E-state index is 13.3. The van der Waals surface area contributed by atoms with E-state index in [0.29, 0.717) is 13.0 Å². The van der Waals surface area contributed by atoms with Gasteiger partial charge in [0.05, 0.1) is 0 Å². The van der Waals surface area contributed by atoms with Crippen LogP contribution in [0.4, 0.5) is 0 Å². The largest absolute Gasteiger partial charge is 0.479 e. The summed E-state index contributed by atoms with van der Waals surface area (Å²) in [6.45, 7) is 4.58. The molecule has 1 heterocycles. The van der Waals surface area contributed by atoms with Crippen LogP contribution in [0.15, 0.2) is 10.9 Å². The van der Waals surface area contributed by atoms with Gasteiger partial charge in [0.25, 0.3) is 11.5 Å². The number of carboxylic acids is 1. The Kier molecular flexibility index (Phi) is 7.37. The molecule has 2 unspecified atom stereocenters. The number of carbonyl (C=O) groups excluding carboxylic acids is 1. The van der Waals surface area contributed by atoms with Crippen LogP contribution in [0.1, 0.15) is 99.7 Å². The molecule has 0 aromatic carbocycles. The van der Waals surface area contributed by atoms with E-state index in [1.54, 1.807) is 10.6 Å². The van der Waals surface area contributed by atoms with Gasteiger partial charge < -0.3 is 15.0 Å². The quantitative estimate of drug-likeness (QED) is 0.732. The van der Waals surface area contributed by atoms with E-state index in [2.05, 4.69) is 12.2 Å². The molecule has 30 heavy (non-hydrogen) atoms. The minimum atomic E-state index is -1.29. The number of nitrogens with one attached hydrogen (secondary N) is 1. The van der Waals surface area contributed by atoms with Gasteiger partial charge in [0, 0.05) is 12.2 Å². The Balaban J connectivity index is 2.01. The van der Waals surface area contributed by atoms with E-state index < -0.39 is 17.4 Å². The summed E-state index contributed by atoms with van der Waals surface area (Å²) in [6, 6.07) is 1.75. The molecule has 0 bridgehead atoms. The van der Waals surface area contributed by atoms with Gasteiger partial charge >= 0.3 is 5.97 Å². The smallest absolute Gasteiger partial charge is 0.329 e. The lowest BCUT2D eigenvalue weighted by molar-refractivity contribution is -0.148. The molecule has 2 aliphatic carbocycles. The molecule has 0 saturated heterocycles. The second-order valence-electron chi connectivity index (χ2n) is 9.13. The highest BCUT2D eigenvalue weighted by atomic mass is 16.4. The van der Waals surface area contributed by atoms with E-state index in [1.165, 1.54) is 6.42 Å². The summed E-state index contributed by atoms with van der Waals surface area (Å²) < 4.78 is 1.80. The van der Waals surface area contributed by atoms with Crippen molar-refractivity contribution < 1.29 is 14.7 Å². The number of hydrogen-bond acceptors (Lipinski definition) is 3. The second kappa shape index (κ2) is 9.80. The van der Waals surface area contributed by atoms with E-state index >= 15 is 0 Å². The molecule has 1 fully saturated rings. The number of aryl methyl sites for hydroxylation is 1. The van der Waals surface area contributed by atoms with Gasteiger partial charge in [0.15, 0.2) is 0 Å². The van der Waals surface area contributed by atoms with Gasteiger partial charge in [-0.1, -0.05) is 46.0 Å². The number of unbranched alkanes of at least 4 members (excludes halogenated alkanes) is 1. The van der Waals surface area contributed by atoms with Gasteiger partial charge in [-0.25, -0.2) is 4.79 Å². The number of carboxylic acid groups (broad SMARTS) is 1. The molecule has 3 rings (SSSR count). The fourth-order valence-corrected chi connectivity index (χ4v) is 5.12. The number of pyridine rings is 1. The maximum absolute atomic E-state index is 13.3. The van der Waals surface area contributed by atoms with Gasteiger partial charge in [-0.15, -0.1) is 0 Å². The Morgan fingerprint density at radius 2 is 1.90 bits per heavy atom. The van der Waals surface area contributed by atoms with Crippen LogP contribution in [0.3, 0.4) is 0 Å². The predicted octanol–water partition coefficient (Wildman–Crippen LogP) is 4.07. The third-order valence-corrected chi connectivity index (χ3v) is 7.10. The monoisotopic (exact) mass is 416 g/mol. The van der Waals surface area contributed by atoms with Crippen molar-refractivity contribution in [3.05, 3.63) is 33.2 Å². The first-order valence-corrected chi connectivity index (χ1v) is 11.7. The van der Waals surface area contributed by atoms with Crippen LogP contribution in [0.2, 0.25) is 0 Å². The Bertz CT molecular complexity index is 844. The first-order chi connectivity index (χ1) is 14.4. The summed E-state index contributed by atoms with van der Waals surface area (Å²) in [6.07, 6.45) is 10.9. The lowest BCUT2D eigenvalue weighted by Gasteiger charge is -2.39. The van der Waals surface area contributed by atoms with E-state index in [1.807, 2.05) is 6.92 Å². The van der Waals surface area contributed by atoms with E-state index in [0.717, 1.165) is 75.5 Å². The molecular weight excluding hydrogens is 380 g/mol. The molecule has 1 amide bonds. The van der Waals surface area contributed by atoms with Crippen LogP contribution in [0.5, 0.6) is 0 Å². The zero-order valence-corrected chi connectivity index (χ0v) is 18.5. The average Bonchev–Trinajstić information content (AvgIpc) is 2.69. The summed E-state index contributed by atoms with van der Waals surface area (Å²) in [5, 5.41) is 12.8. The van der Waals surface area contributed by atoms with Crippen molar-refractivity contribution in [2.45, 2.75) is 103 Å². The number of carbonyl (C=O) groups is 2. The summed E-state index contributed by atoms with van der Waals surface area (Å²) in [7, 11) is 0. The van der Waals surface area contributed by atoms with Gasteiger partial charge in [0.2, 0.25) is 0 Å². The van der Waals surface area contributed by atoms with E-state index in [4.69, 9.17) is 0 Å². The van der Waals surface area contributed by atoms with Crippen molar-refractivity contribution in [1.82, 2.24) is 9.88 Å². The van der Waals surface area contributed by atoms with Crippen molar-refractivity contribution in [2.24, 2.45) is 5.92 Å². The van der Waals surface area contributed by atoms with E-state index in [9.17, 15) is 19.5 Å². The molecular formula is C24H36N2O4. The zero-order chi connectivity index (χ0) is 21.7. The summed E-state index contributed by atoms with van der Waals surface area (Å²) in [5.74, 6) is -1.70. The van der Waals surface area contributed by atoms with Gasteiger partial charge in [-0.05, 0) is 62.5 Å². The molecule has 1 aromatic rings. The Labute approximate surface area is 179 Å². The third-order valence-electron chi connectivity index (χ3n) is 7.10. The van der Waals surface area contributed by atoms with Crippen molar-refractivity contribution in [2.75, 3.05) is 0 Å². The highest BCUT2D eigenvalue weighted by Gasteiger charge is 2.46. The van der Waals surface area contributed by atoms with Crippen LogP contribution < -0.4 is 10.9 Å². The number of aliphatic carboxylic acids is 1. The Morgan fingerprint density at radius 1 is 1.17 bits per heavy atom. The topological polar surface area (TPSA) is 88.4 Å². The Hall–Kier alpha value is -2.11. The lowest BCUT2D eigenvalue weighted by Crippen LogP contribution is -2.60. The maximum Gasteiger partial charge on any atom is 0.329 e. The molecule has 2 N–H and O–H groups in total. The molecule has 0 aliphatic heterocycles. The van der Waals surface area contributed by atoms with Crippen LogP contribution in [0.25, 0.3) is 0 Å². The lowest BCUT2D eigenvalue weighted by atomic mass is 9.73. The highest BCUT2D eigenvalue weighted by Crippen LogP contribution is 2.34. The highest BCUT2D eigenvalue weighted by molar-refractivity contribution is 5.98. The molecule has 2 aliphatic rings.